The van der Waals surface area contributed by atoms with Gasteiger partial charge in [-0.05, 0) is 44.5 Å². The summed E-state index contributed by atoms with van der Waals surface area (Å²) in [5.74, 6) is 0.899. The van der Waals surface area contributed by atoms with Gasteiger partial charge in [-0.1, -0.05) is 31.1 Å². The molecular formula is C24H30N4O4S. The maximum atomic E-state index is 13.4. The molecule has 0 unspecified atom stereocenters. The first-order valence-corrected chi connectivity index (χ1v) is 11.9. The highest BCUT2D eigenvalue weighted by Crippen LogP contribution is 2.29. The Balaban J connectivity index is 1.76. The van der Waals surface area contributed by atoms with Gasteiger partial charge in [-0.25, -0.2) is 14.8 Å². The molecule has 1 amide bonds. The second kappa shape index (κ2) is 11.6. The van der Waals surface area contributed by atoms with E-state index in [4.69, 9.17) is 9.47 Å². The number of carbonyl (C=O) groups excluding carboxylic acids is 2. The third kappa shape index (κ3) is 6.19. The van der Waals surface area contributed by atoms with Gasteiger partial charge in [0.15, 0.2) is 5.13 Å². The molecule has 1 aromatic carbocycles. The lowest BCUT2D eigenvalue weighted by Gasteiger charge is -2.20. The molecule has 3 rings (SSSR count). The zero-order valence-electron chi connectivity index (χ0n) is 19.5. The lowest BCUT2D eigenvalue weighted by molar-refractivity contribution is 0.0531. The SMILES string of the molecule is CCCCCN(C(=O)c1ccc(OCc2nccn2C)cc1)c1nc(C)c(C(=O)OCC)s1. The van der Waals surface area contributed by atoms with Crippen LogP contribution in [0.1, 0.15) is 64.7 Å². The molecule has 2 aromatic heterocycles. The zero-order valence-corrected chi connectivity index (χ0v) is 20.4. The Labute approximate surface area is 198 Å². The molecule has 0 spiro atoms. The summed E-state index contributed by atoms with van der Waals surface area (Å²) in [4.78, 5) is 36.4. The summed E-state index contributed by atoms with van der Waals surface area (Å²) in [5, 5.41) is 0.506. The van der Waals surface area contributed by atoms with E-state index in [2.05, 4.69) is 16.9 Å². The third-order valence-electron chi connectivity index (χ3n) is 5.10. The van der Waals surface area contributed by atoms with Crippen molar-refractivity contribution in [1.29, 1.82) is 0 Å². The van der Waals surface area contributed by atoms with Gasteiger partial charge in [-0.2, -0.15) is 0 Å². The van der Waals surface area contributed by atoms with Gasteiger partial charge in [0.2, 0.25) is 0 Å². The smallest absolute Gasteiger partial charge is 0.350 e. The number of amides is 1. The molecule has 176 valence electrons. The van der Waals surface area contributed by atoms with E-state index in [1.165, 1.54) is 11.3 Å². The minimum Gasteiger partial charge on any atom is -0.486 e. The molecule has 0 fully saturated rings. The van der Waals surface area contributed by atoms with Crippen LogP contribution in [0.15, 0.2) is 36.7 Å². The number of hydrogen-bond acceptors (Lipinski definition) is 7. The van der Waals surface area contributed by atoms with Crippen LogP contribution in [0.25, 0.3) is 0 Å². The number of carbonyl (C=O) groups is 2. The summed E-state index contributed by atoms with van der Waals surface area (Å²) in [7, 11) is 1.91. The van der Waals surface area contributed by atoms with Crippen molar-refractivity contribution >= 4 is 28.3 Å². The molecule has 0 aliphatic carbocycles. The van der Waals surface area contributed by atoms with Crippen LogP contribution >= 0.6 is 11.3 Å². The number of anilines is 1. The standard InChI is InChI=1S/C24H30N4O4S/c1-5-7-8-14-28(24-26-17(3)21(33-24)23(30)31-6-2)22(29)18-9-11-19(12-10-18)32-16-20-25-13-15-27(20)4/h9-13,15H,5-8,14,16H2,1-4H3. The maximum absolute atomic E-state index is 13.4. The zero-order chi connectivity index (χ0) is 23.8. The quantitative estimate of drug-likeness (QED) is 0.296. The van der Waals surface area contributed by atoms with Crippen LogP contribution in [-0.4, -0.2) is 39.6 Å². The molecule has 0 saturated heterocycles. The number of unbranched alkanes of at least 4 members (excludes halogenated alkanes) is 2. The first-order valence-electron chi connectivity index (χ1n) is 11.1. The van der Waals surface area contributed by atoms with Crippen molar-refractivity contribution < 1.29 is 19.1 Å². The summed E-state index contributed by atoms with van der Waals surface area (Å²) in [6, 6.07) is 7.04. The summed E-state index contributed by atoms with van der Waals surface area (Å²) >= 11 is 1.19. The van der Waals surface area contributed by atoms with Crippen LogP contribution in [-0.2, 0) is 18.4 Å². The van der Waals surface area contributed by atoms with Crippen molar-refractivity contribution in [2.24, 2.45) is 7.05 Å². The second-order valence-electron chi connectivity index (χ2n) is 7.56. The second-order valence-corrected chi connectivity index (χ2v) is 8.54. The molecule has 0 radical (unpaired) electrons. The Hall–Kier alpha value is -3.20. The largest absolute Gasteiger partial charge is 0.486 e. The van der Waals surface area contributed by atoms with Crippen LogP contribution in [0.5, 0.6) is 5.75 Å². The number of benzene rings is 1. The van der Waals surface area contributed by atoms with E-state index in [0.29, 0.717) is 46.8 Å². The van der Waals surface area contributed by atoms with E-state index in [-0.39, 0.29) is 5.91 Å². The van der Waals surface area contributed by atoms with Crippen molar-refractivity contribution in [3.63, 3.8) is 0 Å². The number of aromatic nitrogens is 3. The number of imidazole rings is 1. The fraction of sp³-hybridized carbons (Fsp3) is 0.417. The van der Waals surface area contributed by atoms with E-state index < -0.39 is 5.97 Å². The number of esters is 1. The van der Waals surface area contributed by atoms with Crippen LogP contribution in [0.3, 0.4) is 0 Å². The van der Waals surface area contributed by atoms with Gasteiger partial charge < -0.3 is 14.0 Å². The fourth-order valence-corrected chi connectivity index (χ4v) is 4.21. The third-order valence-corrected chi connectivity index (χ3v) is 6.26. The van der Waals surface area contributed by atoms with Crippen molar-refractivity contribution in [2.75, 3.05) is 18.1 Å². The average molecular weight is 471 g/mol. The van der Waals surface area contributed by atoms with Gasteiger partial charge in [0.05, 0.1) is 12.3 Å². The molecule has 0 atom stereocenters. The number of nitrogens with zero attached hydrogens (tertiary/aromatic N) is 4. The lowest BCUT2D eigenvalue weighted by Crippen LogP contribution is -2.31. The van der Waals surface area contributed by atoms with Gasteiger partial charge in [0, 0.05) is 31.5 Å². The Morgan fingerprint density at radius 1 is 1.15 bits per heavy atom. The molecule has 0 aliphatic heterocycles. The van der Waals surface area contributed by atoms with Crippen molar-refractivity contribution in [1.82, 2.24) is 14.5 Å². The van der Waals surface area contributed by atoms with Crippen molar-refractivity contribution in [3.8, 4) is 5.75 Å². The summed E-state index contributed by atoms with van der Waals surface area (Å²) < 4.78 is 12.8. The molecule has 8 nitrogen and oxygen atoms in total. The minimum absolute atomic E-state index is 0.161. The van der Waals surface area contributed by atoms with E-state index in [9.17, 15) is 9.59 Å². The highest BCUT2D eigenvalue weighted by molar-refractivity contribution is 7.17. The molecular weight excluding hydrogens is 440 g/mol. The molecule has 3 aromatic rings. The molecule has 0 N–H and O–H groups in total. The predicted octanol–water partition coefficient (Wildman–Crippen LogP) is 4.78. The molecule has 0 aliphatic rings. The van der Waals surface area contributed by atoms with Crippen LogP contribution in [0.2, 0.25) is 0 Å². The average Bonchev–Trinajstić information content (AvgIpc) is 3.40. The van der Waals surface area contributed by atoms with Gasteiger partial charge >= 0.3 is 5.97 Å². The number of ether oxygens (including phenoxy) is 2. The summed E-state index contributed by atoms with van der Waals surface area (Å²) in [6.45, 7) is 6.80. The van der Waals surface area contributed by atoms with E-state index in [1.54, 1.807) is 49.2 Å². The Bertz CT molecular complexity index is 1070. The van der Waals surface area contributed by atoms with Crippen LogP contribution in [0.4, 0.5) is 5.13 Å². The van der Waals surface area contributed by atoms with Crippen molar-refractivity contribution in [2.45, 2.75) is 46.6 Å². The number of aryl methyl sites for hydroxylation is 2. The number of thiazole rings is 1. The van der Waals surface area contributed by atoms with Gasteiger partial charge in [-0.3, -0.25) is 9.69 Å². The van der Waals surface area contributed by atoms with Crippen LogP contribution in [0, 0.1) is 6.92 Å². The highest BCUT2D eigenvalue weighted by atomic mass is 32.1. The van der Waals surface area contributed by atoms with Gasteiger partial charge in [0.1, 0.15) is 23.1 Å². The molecule has 2 heterocycles. The fourth-order valence-electron chi connectivity index (χ4n) is 3.22. The van der Waals surface area contributed by atoms with Gasteiger partial charge in [0.25, 0.3) is 5.91 Å². The van der Waals surface area contributed by atoms with E-state index >= 15 is 0 Å². The summed E-state index contributed by atoms with van der Waals surface area (Å²) in [6.07, 6.45) is 6.47. The first kappa shape index (κ1) is 24.4. The number of rotatable bonds is 11. The Morgan fingerprint density at radius 3 is 2.55 bits per heavy atom. The first-order chi connectivity index (χ1) is 15.9. The lowest BCUT2D eigenvalue weighted by atomic mass is 10.2. The molecule has 0 saturated carbocycles. The molecule has 33 heavy (non-hydrogen) atoms. The normalized spacial score (nSPS) is 10.8. The Kier molecular flexibility index (Phi) is 8.59. The topological polar surface area (TPSA) is 86.6 Å². The highest BCUT2D eigenvalue weighted by Gasteiger charge is 2.24. The maximum Gasteiger partial charge on any atom is 0.350 e. The molecule has 9 heteroatoms. The van der Waals surface area contributed by atoms with E-state index in [0.717, 1.165) is 25.1 Å². The minimum atomic E-state index is -0.408. The predicted molar refractivity (Wildman–Crippen MR) is 128 cm³/mol. The Morgan fingerprint density at radius 2 is 1.91 bits per heavy atom. The summed E-state index contributed by atoms with van der Waals surface area (Å²) in [5.41, 5.74) is 1.10. The number of hydrogen-bond donors (Lipinski definition) is 0. The van der Waals surface area contributed by atoms with Crippen LogP contribution < -0.4 is 9.64 Å². The monoisotopic (exact) mass is 470 g/mol. The van der Waals surface area contributed by atoms with E-state index in [1.807, 2.05) is 17.8 Å². The van der Waals surface area contributed by atoms with Gasteiger partial charge in [-0.15, -0.1) is 0 Å². The van der Waals surface area contributed by atoms with Crippen molar-refractivity contribution in [3.05, 3.63) is 58.6 Å². The molecule has 0 bridgehead atoms.